The van der Waals surface area contributed by atoms with E-state index in [1.807, 2.05) is 12.1 Å². The quantitative estimate of drug-likeness (QED) is 0.586. The number of para-hydroxylation sites is 1. The molecule has 1 aliphatic heterocycles. The van der Waals surface area contributed by atoms with E-state index in [0.29, 0.717) is 58.9 Å². The summed E-state index contributed by atoms with van der Waals surface area (Å²) in [6, 6.07) is 8.86. The van der Waals surface area contributed by atoms with Crippen molar-refractivity contribution in [3.05, 3.63) is 41.6 Å². The molecule has 0 radical (unpaired) electrons. The highest BCUT2D eigenvalue weighted by atomic mass is 32.2. The number of hydrogen-bond acceptors (Lipinski definition) is 8. The molecule has 0 atom stereocenters. The van der Waals surface area contributed by atoms with Crippen molar-refractivity contribution in [1.29, 1.82) is 0 Å². The Hall–Kier alpha value is -2.43. The molecule has 154 valence electrons. The summed E-state index contributed by atoms with van der Waals surface area (Å²) >= 11 is 1.24. The fourth-order valence-corrected chi connectivity index (χ4v) is 6.07. The molecule has 0 N–H and O–H groups in total. The second-order valence-electron chi connectivity index (χ2n) is 6.61. The van der Waals surface area contributed by atoms with Crippen molar-refractivity contribution in [2.24, 2.45) is 0 Å². The highest BCUT2D eigenvalue weighted by Gasteiger charge is 2.33. The van der Waals surface area contributed by atoms with Crippen molar-refractivity contribution in [1.82, 2.24) is 14.4 Å². The Balaban J connectivity index is 1.50. The van der Waals surface area contributed by atoms with Gasteiger partial charge < -0.3 is 14.0 Å². The van der Waals surface area contributed by atoms with Crippen LogP contribution < -0.4 is 9.47 Å². The van der Waals surface area contributed by atoms with Crippen molar-refractivity contribution in [3.63, 3.8) is 0 Å². The molecule has 0 saturated carbocycles. The normalized spacial score (nSPS) is 16.1. The van der Waals surface area contributed by atoms with Gasteiger partial charge in [-0.3, -0.25) is 0 Å². The number of sulfonamides is 1. The van der Waals surface area contributed by atoms with E-state index >= 15 is 0 Å². The third-order valence-corrected chi connectivity index (χ3v) is 8.25. The summed E-state index contributed by atoms with van der Waals surface area (Å²) < 4.78 is 43.5. The number of rotatable bonds is 6. The van der Waals surface area contributed by atoms with Gasteiger partial charge in [0.25, 0.3) is 10.0 Å². The first-order valence-electron chi connectivity index (χ1n) is 9.13. The number of aromatic nitrogens is 2. The second-order valence-corrected chi connectivity index (χ2v) is 9.72. The Labute approximate surface area is 173 Å². The average molecular weight is 436 g/mol. The van der Waals surface area contributed by atoms with Gasteiger partial charge in [0.1, 0.15) is 4.21 Å². The monoisotopic (exact) mass is 435 g/mol. The SMILES string of the molecule is COc1cccc(-c2noc(C3CCN(S(=O)(=O)c4cccs4)CC3)n2)c1OC. The summed E-state index contributed by atoms with van der Waals surface area (Å²) in [4.78, 5) is 4.55. The zero-order valence-electron chi connectivity index (χ0n) is 16.1. The molecule has 1 aromatic carbocycles. The van der Waals surface area contributed by atoms with E-state index < -0.39 is 10.0 Å². The maximum absolute atomic E-state index is 12.7. The highest BCUT2D eigenvalue weighted by molar-refractivity contribution is 7.91. The molecule has 4 rings (SSSR count). The first kappa shape index (κ1) is 19.9. The molecule has 1 fully saturated rings. The van der Waals surface area contributed by atoms with Crippen LogP contribution in [-0.2, 0) is 10.0 Å². The third kappa shape index (κ3) is 3.75. The number of benzene rings is 1. The lowest BCUT2D eigenvalue weighted by molar-refractivity contribution is 0.271. The summed E-state index contributed by atoms with van der Waals surface area (Å²) in [6.07, 6.45) is 1.25. The summed E-state index contributed by atoms with van der Waals surface area (Å²) in [6.45, 7) is 0.843. The number of hydrogen-bond donors (Lipinski definition) is 0. The number of nitrogens with zero attached hydrogens (tertiary/aromatic N) is 3. The van der Waals surface area contributed by atoms with Crippen molar-refractivity contribution >= 4 is 21.4 Å². The lowest BCUT2D eigenvalue weighted by Gasteiger charge is -2.29. The van der Waals surface area contributed by atoms with E-state index in [1.165, 1.54) is 15.6 Å². The minimum Gasteiger partial charge on any atom is -0.493 e. The van der Waals surface area contributed by atoms with Gasteiger partial charge in [0.15, 0.2) is 11.5 Å². The molecule has 0 unspecified atom stereocenters. The predicted octanol–water partition coefficient (Wildman–Crippen LogP) is 3.38. The standard InChI is InChI=1S/C19H21N3O5S2/c1-25-15-6-3-5-14(17(15)26-2)18-20-19(27-21-18)13-8-10-22(11-9-13)29(23,24)16-7-4-12-28-16/h3-7,12-13H,8-11H2,1-2H3. The van der Waals surface area contributed by atoms with Crippen LogP contribution in [0, 0.1) is 0 Å². The number of thiophene rings is 1. The first-order chi connectivity index (χ1) is 14.0. The number of ether oxygens (including phenoxy) is 2. The molecule has 0 amide bonds. The average Bonchev–Trinajstić information content (AvgIpc) is 3.45. The number of piperidine rings is 1. The van der Waals surface area contributed by atoms with Gasteiger partial charge in [-0.2, -0.15) is 9.29 Å². The molecule has 3 aromatic rings. The fraction of sp³-hybridized carbons (Fsp3) is 0.368. The molecule has 0 bridgehead atoms. The van der Waals surface area contributed by atoms with Crippen LogP contribution in [0.15, 0.2) is 44.4 Å². The van der Waals surface area contributed by atoms with Crippen LogP contribution in [-0.4, -0.2) is 50.2 Å². The Morgan fingerprint density at radius 3 is 2.59 bits per heavy atom. The molecule has 29 heavy (non-hydrogen) atoms. The molecule has 0 spiro atoms. The van der Waals surface area contributed by atoms with Crippen LogP contribution in [0.4, 0.5) is 0 Å². The minimum absolute atomic E-state index is 0.0163. The van der Waals surface area contributed by atoms with E-state index in [0.717, 1.165) is 0 Å². The predicted molar refractivity (Wildman–Crippen MR) is 108 cm³/mol. The van der Waals surface area contributed by atoms with Gasteiger partial charge in [0.2, 0.25) is 11.7 Å². The van der Waals surface area contributed by atoms with E-state index in [9.17, 15) is 8.42 Å². The van der Waals surface area contributed by atoms with Crippen LogP contribution in [0.2, 0.25) is 0 Å². The first-order valence-corrected chi connectivity index (χ1v) is 11.4. The molecule has 10 heteroatoms. The summed E-state index contributed by atoms with van der Waals surface area (Å²) in [7, 11) is -0.292. The van der Waals surface area contributed by atoms with Gasteiger partial charge in [-0.05, 0) is 36.4 Å². The summed E-state index contributed by atoms with van der Waals surface area (Å²) in [5, 5.41) is 5.87. The Bertz CT molecular complexity index is 1070. The van der Waals surface area contributed by atoms with Gasteiger partial charge in [-0.1, -0.05) is 17.3 Å². The van der Waals surface area contributed by atoms with Crippen LogP contribution >= 0.6 is 11.3 Å². The van der Waals surface area contributed by atoms with Crippen molar-refractivity contribution in [2.75, 3.05) is 27.3 Å². The third-order valence-electron chi connectivity index (χ3n) is 4.98. The van der Waals surface area contributed by atoms with Crippen LogP contribution in [0.1, 0.15) is 24.7 Å². The maximum Gasteiger partial charge on any atom is 0.252 e. The molecular formula is C19H21N3O5S2. The Morgan fingerprint density at radius 2 is 1.93 bits per heavy atom. The number of methoxy groups -OCH3 is 2. The molecule has 2 aromatic heterocycles. The zero-order chi connectivity index (χ0) is 20.4. The minimum atomic E-state index is -3.42. The van der Waals surface area contributed by atoms with Crippen LogP contribution in [0.3, 0.4) is 0 Å². The zero-order valence-corrected chi connectivity index (χ0v) is 17.7. The van der Waals surface area contributed by atoms with Crippen molar-refractivity contribution in [2.45, 2.75) is 23.0 Å². The molecule has 0 aliphatic carbocycles. The van der Waals surface area contributed by atoms with E-state index in [4.69, 9.17) is 14.0 Å². The van der Waals surface area contributed by atoms with Crippen molar-refractivity contribution < 1.29 is 22.4 Å². The molecule has 3 heterocycles. The van der Waals surface area contributed by atoms with Crippen LogP contribution in [0.25, 0.3) is 11.4 Å². The fourth-order valence-electron chi connectivity index (χ4n) is 3.45. The van der Waals surface area contributed by atoms with E-state index in [2.05, 4.69) is 10.1 Å². The van der Waals surface area contributed by atoms with Gasteiger partial charge in [0.05, 0.1) is 19.8 Å². The largest absolute Gasteiger partial charge is 0.493 e. The molecular weight excluding hydrogens is 414 g/mol. The van der Waals surface area contributed by atoms with E-state index in [-0.39, 0.29) is 5.92 Å². The Morgan fingerprint density at radius 1 is 1.14 bits per heavy atom. The van der Waals surface area contributed by atoms with E-state index in [1.54, 1.807) is 37.8 Å². The molecule has 1 saturated heterocycles. The topological polar surface area (TPSA) is 94.8 Å². The van der Waals surface area contributed by atoms with Gasteiger partial charge in [0, 0.05) is 19.0 Å². The molecule has 8 nitrogen and oxygen atoms in total. The van der Waals surface area contributed by atoms with Crippen molar-refractivity contribution in [3.8, 4) is 22.9 Å². The van der Waals surface area contributed by atoms with Crippen LogP contribution in [0.5, 0.6) is 11.5 Å². The lowest BCUT2D eigenvalue weighted by Crippen LogP contribution is -2.37. The molecule has 1 aliphatic rings. The second kappa shape index (κ2) is 8.13. The van der Waals surface area contributed by atoms with Gasteiger partial charge in [-0.15, -0.1) is 11.3 Å². The lowest BCUT2D eigenvalue weighted by atomic mass is 9.98. The van der Waals surface area contributed by atoms with Gasteiger partial charge >= 0.3 is 0 Å². The maximum atomic E-state index is 12.7. The summed E-state index contributed by atoms with van der Waals surface area (Å²) in [5.74, 6) is 2.08. The van der Waals surface area contributed by atoms with Gasteiger partial charge in [-0.25, -0.2) is 8.42 Å². The summed E-state index contributed by atoms with van der Waals surface area (Å²) in [5.41, 5.74) is 0.680. The highest BCUT2D eigenvalue weighted by Crippen LogP contribution is 2.38. The smallest absolute Gasteiger partial charge is 0.252 e. The Kier molecular flexibility index (Phi) is 5.57.